The maximum absolute atomic E-state index is 12.4. The number of hydrogen-bond acceptors (Lipinski definition) is 6. The van der Waals surface area contributed by atoms with Crippen LogP contribution in [-0.2, 0) is 16.0 Å². The van der Waals surface area contributed by atoms with Crippen LogP contribution in [-0.4, -0.2) is 51.5 Å². The van der Waals surface area contributed by atoms with Gasteiger partial charge in [0.2, 0.25) is 5.91 Å². The van der Waals surface area contributed by atoms with Crippen molar-refractivity contribution >= 4 is 23.3 Å². The van der Waals surface area contributed by atoms with Gasteiger partial charge in [0.15, 0.2) is 5.78 Å². The molecule has 0 bridgehead atoms. The number of pyridine rings is 1. The quantitative estimate of drug-likeness (QED) is 0.302. The van der Waals surface area contributed by atoms with Crippen molar-refractivity contribution < 1.29 is 24.6 Å². The summed E-state index contributed by atoms with van der Waals surface area (Å²) >= 11 is 0. The van der Waals surface area contributed by atoms with E-state index in [1.54, 1.807) is 54.7 Å². The molecular weight excluding hydrogens is 494 g/mol. The van der Waals surface area contributed by atoms with Crippen LogP contribution >= 0.6 is 0 Å². The van der Waals surface area contributed by atoms with Crippen LogP contribution in [0.25, 0.3) is 0 Å². The van der Waals surface area contributed by atoms with E-state index in [0.29, 0.717) is 17.7 Å². The smallest absolute Gasteiger partial charge is 0.251 e. The summed E-state index contributed by atoms with van der Waals surface area (Å²) in [6.45, 7) is 0.581. The zero-order chi connectivity index (χ0) is 28.0. The number of Topliss-reactive ketones (excluding diaryl/α,β-unsaturated/α-hetero) is 1. The number of aryl methyl sites for hydroxylation is 1. The summed E-state index contributed by atoms with van der Waals surface area (Å²) < 4.78 is 0. The van der Waals surface area contributed by atoms with E-state index in [0.717, 1.165) is 24.1 Å². The molecular formula is C31H29N3O5. The zero-order valence-electron chi connectivity index (χ0n) is 21.5. The molecule has 8 nitrogen and oxygen atoms in total. The zero-order valence-corrected chi connectivity index (χ0v) is 21.5. The Bertz CT molecular complexity index is 1390. The third kappa shape index (κ3) is 9.56. The van der Waals surface area contributed by atoms with Gasteiger partial charge in [0, 0.05) is 40.7 Å². The van der Waals surface area contributed by atoms with Crippen LogP contribution in [0.1, 0.15) is 46.9 Å². The minimum atomic E-state index is -1.19. The summed E-state index contributed by atoms with van der Waals surface area (Å²) in [5.74, 6) is 10.1. The number of nitrogens with zero attached hydrogens (tertiary/aromatic N) is 1. The summed E-state index contributed by atoms with van der Waals surface area (Å²) in [7, 11) is 0. The summed E-state index contributed by atoms with van der Waals surface area (Å²) in [6, 6.07) is 18.1. The molecule has 8 heteroatoms. The average molecular weight is 524 g/mol. The number of benzene rings is 2. The Morgan fingerprint density at radius 2 is 1.56 bits per heavy atom. The first-order chi connectivity index (χ1) is 18.9. The van der Waals surface area contributed by atoms with E-state index in [-0.39, 0.29) is 11.5 Å². The van der Waals surface area contributed by atoms with Crippen molar-refractivity contribution in [1.82, 2.24) is 10.3 Å². The number of aromatic nitrogens is 1. The van der Waals surface area contributed by atoms with Crippen LogP contribution in [0, 0.1) is 23.7 Å². The SMILES string of the molecule is C[C@@H](O)[C@H](NC(=O)c1ccc(C#CC#Cc2ccc(NC(=O)CCCc3ccccn3)cc2)cc1)C(=O)CO. The lowest BCUT2D eigenvalue weighted by Gasteiger charge is -2.19. The lowest BCUT2D eigenvalue weighted by Crippen LogP contribution is -2.48. The molecule has 39 heavy (non-hydrogen) atoms. The number of aliphatic hydroxyl groups excluding tert-OH is 2. The highest BCUT2D eigenvalue weighted by Gasteiger charge is 2.25. The molecule has 0 fully saturated rings. The molecule has 0 saturated heterocycles. The molecule has 0 aliphatic rings. The highest BCUT2D eigenvalue weighted by atomic mass is 16.3. The van der Waals surface area contributed by atoms with Crippen molar-refractivity contribution in [3.8, 4) is 23.7 Å². The largest absolute Gasteiger partial charge is 0.391 e. The van der Waals surface area contributed by atoms with E-state index in [2.05, 4.69) is 39.3 Å². The number of rotatable bonds is 10. The molecule has 198 valence electrons. The van der Waals surface area contributed by atoms with Gasteiger partial charge < -0.3 is 20.8 Å². The molecule has 4 N–H and O–H groups in total. The maximum atomic E-state index is 12.4. The van der Waals surface area contributed by atoms with Crippen molar-refractivity contribution in [1.29, 1.82) is 0 Å². The molecule has 0 unspecified atom stereocenters. The fourth-order valence-electron chi connectivity index (χ4n) is 3.54. The van der Waals surface area contributed by atoms with Crippen molar-refractivity contribution in [2.75, 3.05) is 11.9 Å². The van der Waals surface area contributed by atoms with Crippen molar-refractivity contribution in [2.24, 2.45) is 0 Å². The molecule has 0 saturated carbocycles. The van der Waals surface area contributed by atoms with Crippen molar-refractivity contribution in [3.05, 3.63) is 95.3 Å². The van der Waals surface area contributed by atoms with Gasteiger partial charge in [-0.15, -0.1) is 0 Å². The van der Waals surface area contributed by atoms with E-state index in [1.807, 2.05) is 18.2 Å². The number of carbonyl (C=O) groups is 3. The molecule has 2 amide bonds. The van der Waals surface area contributed by atoms with Gasteiger partial charge >= 0.3 is 0 Å². The second-order valence-electron chi connectivity index (χ2n) is 8.69. The van der Waals surface area contributed by atoms with Gasteiger partial charge in [-0.25, -0.2) is 0 Å². The predicted molar refractivity (Wildman–Crippen MR) is 147 cm³/mol. The van der Waals surface area contributed by atoms with Gasteiger partial charge in [-0.2, -0.15) is 0 Å². The third-order valence-electron chi connectivity index (χ3n) is 5.63. The Morgan fingerprint density at radius 1 is 0.923 bits per heavy atom. The number of anilines is 1. The first kappa shape index (κ1) is 28.8. The minimum absolute atomic E-state index is 0.0550. The lowest BCUT2D eigenvalue weighted by molar-refractivity contribution is -0.126. The monoisotopic (exact) mass is 523 g/mol. The van der Waals surface area contributed by atoms with E-state index >= 15 is 0 Å². The summed E-state index contributed by atoms with van der Waals surface area (Å²) in [4.78, 5) is 40.5. The molecule has 0 spiro atoms. The molecule has 3 aromatic rings. The van der Waals surface area contributed by atoms with Gasteiger partial charge in [-0.3, -0.25) is 19.4 Å². The molecule has 0 radical (unpaired) electrons. The number of amides is 2. The van der Waals surface area contributed by atoms with Crippen LogP contribution in [0.5, 0.6) is 0 Å². The van der Waals surface area contributed by atoms with Crippen molar-refractivity contribution in [3.63, 3.8) is 0 Å². The fraction of sp³-hybridized carbons (Fsp3) is 0.226. The first-order valence-electron chi connectivity index (χ1n) is 12.4. The van der Waals surface area contributed by atoms with E-state index < -0.39 is 30.4 Å². The van der Waals surface area contributed by atoms with Crippen molar-refractivity contribution in [2.45, 2.75) is 38.3 Å². The molecule has 1 heterocycles. The molecule has 2 aromatic carbocycles. The topological polar surface area (TPSA) is 129 Å². The lowest BCUT2D eigenvalue weighted by atomic mass is 10.1. The Morgan fingerprint density at radius 3 is 2.13 bits per heavy atom. The van der Waals surface area contributed by atoms with E-state index in [4.69, 9.17) is 5.11 Å². The first-order valence-corrected chi connectivity index (χ1v) is 12.4. The average Bonchev–Trinajstić information content (AvgIpc) is 2.95. The normalized spacial score (nSPS) is 11.6. The Balaban J connectivity index is 1.48. The number of hydrogen-bond donors (Lipinski definition) is 4. The van der Waals surface area contributed by atoms with Crippen LogP contribution in [0.15, 0.2) is 72.9 Å². The van der Waals surface area contributed by atoms with Crippen LogP contribution in [0.3, 0.4) is 0 Å². The predicted octanol–water partition coefficient (Wildman–Crippen LogP) is 2.49. The number of aliphatic hydroxyl groups is 2. The molecule has 0 aliphatic heterocycles. The third-order valence-corrected chi connectivity index (χ3v) is 5.63. The number of ketones is 1. The van der Waals surface area contributed by atoms with Gasteiger partial charge in [0.05, 0.1) is 6.10 Å². The molecule has 2 atom stereocenters. The summed E-state index contributed by atoms with van der Waals surface area (Å²) in [6.07, 6.45) is 2.48. The Labute approximate surface area is 227 Å². The van der Waals surface area contributed by atoms with E-state index in [9.17, 15) is 19.5 Å². The van der Waals surface area contributed by atoms with Gasteiger partial charge in [0.1, 0.15) is 12.6 Å². The fourth-order valence-corrected chi connectivity index (χ4v) is 3.54. The molecule has 1 aromatic heterocycles. The van der Waals surface area contributed by atoms with Gasteiger partial charge in [-0.05, 0) is 92.3 Å². The maximum Gasteiger partial charge on any atom is 0.251 e. The van der Waals surface area contributed by atoms with Crippen LogP contribution in [0.2, 0.25) is 0 Å². The Hall–Kier alpha value is -4.76. The Kier molecular flexibility index (Phi) is 11.0. The van der Waals surface area contributed by atoms with Gasteiger partial charge in [0.25, 0.3) is 5.91 Å². The number of nitrogens with one attached hydrogen (secondary N) is 2. The second kappa shape index (κ2) is 14.8. The van der Waals surface area contributed by atoms with E-state index in [1.165, 1.54) is 6.92 Å². The summed E-state index contributed by atoms with van der Waals surface area (Å²) in [5, 5.41) is 24.0. The highest BCUT2D eigenvalue weighted by Crippen LogP contribution is 2.10. The van der Waals surface area contributed by atoms with Gasteiger partial charge in [-0.1, -0.05) is 17.9 Å². The molecule has 0 aliphatic carbocycles. The number of carbonyl (C=O) groups excluding carboxylic acids is 3. The second-order valence-corrected chi connectivity index (χ2v) is 8.69. The summed E-state index contributed by atoms with van der Waals surface area (Å²) in [5.41, 5.74) is 3.33. The highest BCUT2D eigenvalue weighted by molar-refractivity contribution is 5.98. The molecule has 3 rings (SSSR count). The standard InChI is InChI=1S/C31H29N3O5/c1-22(36)30(28(37)21-35)34-31(39)25-16-12-23(13-17-25)7-2-3-8-24-14-18-27(19-15-24)33-29(38)11-6-10-26-9-4-5-20-32-26/h4-5,9,12-20,22,30,35-36H,6,10-11,21H2,1H3,(H,33,38)(H,34,39)/t22-,30+/m1/s1. The van der Waals surface area contributed by atoms with Crippen LogP contribution in [0.4, 0.5) is 5.69 Å². The minimum Gasteiger partial charge on any atom is -0.391 e. The van der Waals surface area contributed by atoms with Crippen LogP contribution < -0.4 is 10.6 Å².